The number of carbonyl (C=O) groups excluding carboxylic acids is 1. The lowest BCUT2D eigenvalue weighted by Gasteiger charge is -2.04. The van der Waals surface area contributed by atoms with E-state index in [0.29, 0.717) is 5.69 Å². The third kappa shape index (κ3) is 2.46. The smallest absolute Gasteiger partial charge is 0.205 e. The molecule has 0 amide bonds. The second kappa shape index (κ2) is 4.29. The van der Waals surface area contributed by atoms with Gasteiger partial charge in [-0.1, -0.05) is 0 Å². The summed E-state index contributed by atoms with van der Waals surface area (Å²) in [4.78, 5) is 17.9. The highest BCUT2D eigenvalue weighted by Crippen LogP contribution is 2.10. The zero-order chi connectivity index (χ0) is 11.6. The number of aryl methyl sites for hydroxylation is 2. The highest BCUT2D eigenvalue weighted by atomic mass is 16.1. The largest absolute Gasteiger partial charge is 0.383 e. The van der Waals surface area contributed by atoms with Crippen molar-refractivity contribution >= 4 is 5.78 Å². The Morgan fingerprint density at radius 1 is 1.40 bits per heavy atom. The molecule has 0 bridgehead atoms. The standard InChI is InChI=1S/C11H17N3O/c1-8-11(14(5)9(2)12-8)10(15)6-7-13(3)4/h6-7H,1-5H3/b7-6+. The number of imidazole rings is 1. The van der Waals surface area contributed by atoms with Gasteiger partial charge >= 0.3 is 0 Å². The van der Waals surface area contributed by atoms with Gasteiger partial charge in [0.15, 0.2) is 0 Å². The van der Waals surface area contributed by atoms with E-state index in [1.165, 1.54) is 0 Å². The van der Waals surface area contributed by atoms with Gasteiger partial charge in [0.2, 0.25) is 5.78 Å². The number of aromatic nitrogens is 2. The van der Waals surface area contributed by atoms with Crippen LogP contribution in [0.15, 0.2) is 12.3 Å². The molecule has 1 aromatic heterocycles. The van der Waals surface area contributed by atoms with Gasteiger partial charge in [-0.05, 0) is 13.8 Å². The predicted molar refractivity (Wildman–Crippen MR) is 59.8 cm³/mol. The van der Waals surface area contributed by atoms with Crippen LogP contribution >= 0.6 is 0 Å². The fourth-order valence-corrected chi connectivity index (χ4v) is 1.41. The Morgan fingerprint density at radius 3 is 2.40 bits per heavy atom. The quantitative estimate of drug-likeness (QED) is 0.554. The van der Waals surface area contributed by atoms with Crippen LogP contribution in [0.2, 0.25) is 0 Å². The molecule has 0 spiro atoms. The molecular formula is C11H17N3O. The number of rotatable bonds is 3. The molecule has 0 N–H and O–H groups in total. The Balaban J connectivity index is 3.01. The predicted octanol–water partition coefficient (Wildman–Crippen LogP) is 1.29. The first-order valence-electron chi connectivity index (χ1n) is 4.82. The van der Waals surface area contributed by atoms with Gasteiger partial charge in [0.25, 0.3) is 0 Å². The Labute approximate surface area is 90.2 Å². The number of ketones is 1. The molecule has 4 nitrogen and oxygen atoms in total. The molecule has 1 aromatic rings. The van der Waals surface area contributed by atoms with Gasteiger partial charge in [-0.3, -0.25) is 4.79 Å². The number of hydrogen-bond donors (Lipinski definition) is 0. The van der Waals surface area contributed by atoms with Crippen LogP contribution in [0.4, 0.5) is 0 Å². The minimum absolute atomic E-state index is 0.00991. The zero-order valence-corrected chi connectivity index (χ0v) is 9.90. The summed E-state index contributed by atoms with van der Waals surface area (Å²) in [6.07, 6.45) is 3.30. The van der Waals surface area contributed by atoms with Crippen LogP contribution in [0.5, 0.6) is 0 Å². The third-order valence-electron chi connectivity index (χ3n) is 2.25. The van der Waals surface area contributed by atoms with Crippen molar-refractivity contribution in [1.29, 1.82) is 0 Å². The SMILES string of the molecule is Cc1nc(C)n(C)c1C(=O)/C=C/N(C)C. The molecule has 82 valence electrons. The van der Waals surface area contributed by atoms with E-state index >= 15 is 0 Å². The molecule has 0 aromatic carbocycles. The highest BCUT2D eigenvalue weighted by molar-refractivity contribution is 6.04. The van der Waals surface area contributed by atoms with Gasteiger partial charge in [-0.15, -0.1) is 0 Å². The summed E-state index contributed by atoms with van der Waals surface area (Å²) in [5.74, 6) is 0.846. The second-order valence-corrected chi connectivity index (χ2v) is 3.80. The van der Waals surface area contributed by atoms with Gasteiger partial charge in [-0.2, -0.15) is 0 Å². The normalized spacial score (nSPS) is 11.0. The van der Waals surface area contributed by atoms with E-state index in [4.69, 9.17) is 0 Å². The van der Waals surface area contributed by atoms with Crippen LogP contribution < -0.4 is 0 Å². The first-order valence-corrected chi connectivity index (χ1v) is 4.82. The molecule has 0 saturated heterocycles. The lowest BCUT2D eigenvalue weighted by atomic mass is 10.2. The summed E-state index contributed by atoms with van der Waals surface area (Å²) >= 11 is 0. The number of allylic oxidation sites excluding steroid dienone is 1. The highest BCUT2D eigenvalue weighted by Gasteiger charge is 2.13. The van der Waals surface area contributed by atoms with Gasteiger partial charge in [-0.25, -0.2) is 4.98 Å². The molecule has 0 unspecified atom stereocenters. The maximum Gasteiger partial charge on any atom is 0.205 e. The molecule has 15 heavy (non-hydrogen) atoms. The van der Waals surface area contributed by atoms with Gasteiger partial charge < -0.3 is 9.47 Å². The van der Waals surface area contributed by atoms with Gasteiger partial charge in [0.05, 0.1) is 5.69 Å². The fourth-order valence-electron chi connectivity index (χ4n) is 1.41. The topological polar surface area (TPSA) is 38.1 Å². The Hall–Kier alpha value is -1.58. The number of hydrogen-bond acceptors (Lipinski definition) is 3. The Morgan fingerprint density at radius 2 is 2.00 bits per heavy atom. The van der Waals surface area contributed by atoms with Gasteiger partial charge in [0.1, 0.15) is 11.5 Å². The molecule has 0 fully saturated rings. The maximum atomic E-state index is 11.8. The molecule has 0 radical (unpaired) electrons. The molecule has 1 rings (SSSR count). The average Bonchev–Trinajstić information content (AvgIpc) is 2.37. The Kier molecular flexibility index (Phi) is 3.29. The van der Waals surface area contributed by atoms with Crippen molar-refractivity contribution in [3.8, 4) is 0 Å². The van der Waals surface area contributed by atoms with Crippen molar-refractivity contribution in [2.75, 3.05) is 14.1 Å². The van der Waals surface area contributed by atoms with Gasteiger partial charge in [0, 0.05) is 33.4 Å². The summed E-state index contributed by atoms with van der Waals surface area (Å²) in [7, 11) is 5.61. The molecule has 0 aliphatic rings. The zero-order valence-electron chi connectivity index (χ0n) is 9.90. The first kappa shape index (κ1) is 11.5. The van der Waals surface area contributed by atoms with Crippen LogP contribution in [0.25, 0.3) is 0 Å². The van der Waals surface area contributed by atoms with E-state index in [2.05, 4.69) is 4.98 Å². The minimum atomic E-state index is -0.00991. The van der Waals surface area contributed by atoms with Crippen LogP contribution in [0.1, 0.15) is 22.0 Å². The van der Waals surface area contributed by atoms with E-state index in [9.17, 15) is 4.79 Å². The summed E-state index contributed by atoms with van der Waals surface area (Å²) in [6.45, 7) is 3.74. The monoisotopic (exact) mass is 207 g/mol. The molecule has 0 saturated carbocycles. The van der Waals surface area contributed by atoms with Crippen molar-refractivity contribution in [3.05, 3.63) is 29.5 Å². The summed E-state index contributed by atoms with van der Waals surface area (Å²) in [6, 6.07) is 0. The van der Waals surface area contributed by atoms with Crippen LogP contribution in [0, 0.1) is 13.8 Å². The van der Waals surface area contributed by atoms with E-state index in [-0.39, 0.29) is 5.78 Å². The van der Waals surface area contributed by atoms with Crippen LogP contribution in [-0.2, 0) is 7.05 Å². The van der Waals surface area contributed by atoms with Crippen molar-refractivity contribution in [1.82, 2.24) is 14.5 Å². The second-order valence-electron chi connectivity index (χ2n) is 3.80. The molecule has 1 heterocycles. The molecular weight excluding hydrogens is 190 g/mol. The lowest BCUT2D eigenvalue weighted by molar-refractivity contribution is 0.103. The summed E-state index contributed by atoms with van der Waals surface area (Å²) in [5.41, 5.74) is 1.44. The minimum Gasteiger partial charge on any atom is -0.383 e. The Bertz CT molecular complexity index is 402. The molecule has 0 aliphatic carbocycles. The van der Waals surface area contributed by atoms with E-state index in [1.54, 1.807) is 12.3 Å². The summed E-state index contributed by atoms with van der Waals surface area (Å²) in [5, 5.41) is 0. The molecule has 0 atom stereocenters. The van der Waals surface area contributed by atoms with E-state index in [0.717, 1.165) is 11.5 Å². The molecule has 0 aliphatic heterocycles. The van der Waals surface area contributed by atoms with Crippen molar-refractivity contribution in [2.45, 2.75) is 13.8 Å². The van der Waals surface area contributed by atoms with Crippen LogP contribution in [-0.4, -0.2) is 34.3 Å². The van der Waals surface area contributed by atoms with Crippen molar-refractivity contribution < 1.29 is 4.79 Å². The van der Waals surface area contributed by atoms with Crippen LogP contribution in [0.3, 0.4) is 0 Å². The molecule has 4 heteroatoms. The lowest BCUT2D eigenvalue weighted by Crippen LogP contribution is -2.08. The third-order valence-corrected chi connectivity index (χ3v) is 2.25. The van der Waals surface area contributed by atoms with E-state index < -0.39 is 0 Å². The first-order chi connectivity index (χ1) is 6.93. The summed E-state index contributed by atoms with van der Waals surface area (Å²) < 4.78 is 1.82. The van der Waals surface area contributed by atoms with E-state index in [1.807, 2.05) is 44.5 Å². The average molecular weight is 207 g/mol. The number of carbonyl (C=O) groups is 1. The number of nitrogens with zero attached hydrogens (tertiary/aromatic N) is 3. The maximum absolute atomic E-state index is 11.8. The van der Waals surface area contributed by atoms with Crippen molar-refractivity contribution in [2.24, 2.45) is 7.05 Å². The fraction of sp³-hybridized carbons (Fsp3) is 0.455. The van der Waals surface area contributed by atoms with Crippen molar-refractivity contribution in [3.63, 3.8) is 0 Å².